The number of nitrogens with zero attached hydrogens (tertiary/aromatic N) is 2. The van der Waals surface area contributed by atoms with E-state index in [2.05, 4.69) is 5.32 Å². The van der Waals surface area contributed by atoms with E-state index in [1.54, 1.807) is 17.0 Å². The molecule has 1 aromatic rings. The fraction of sp³-hybridized carbons (Fsp3) is 0.500. The van der Waals surface area contributed by atoms with E-state index in [-0.39, 0.29) is 25.1 Å². The third-order valence-corrected chi connectivity index (χ3v) is 4.92. The second-order valence-electron chi connectivity index (χ2n) is 8.62. The predicted octanol–water partition coefficient (Wildman–Crippen LogP) is 3.31. The van der Waals surface area contributed by atoms with Crippen molar-refractivity contribution in [2.45, 2.75) is 45.8 Å². The quantitative estimate of drug-likeness (QED) is 0.787. The van der Waals surface area contributed by atoms with Crippen molar-refractivity contribution in [1.82, 2.24) is 10.2 Å². The molecule has 0 spiro atoms. The molecule has 0 saturated carbocycles. The Morgan fingerprint density at radius 1 is 1.32 bits per heavy atom. The third kappa shape index (κ3) is 5.74. The van der Waals surface area contributed by atoms with E-state index >= 15 is 0 Å². The molecular formula is C22H28FN3O5. The van der Waals surface area contributed by atoms with Crippen molar-refractivity contribution >= 4 is 29.4 Å². The van der Waals surface area contributed by atoms with Crippen LogP contribution in [-0.4, -0.2) is 60.9 Å². The smallest absolute Gasteiger partial charge is 0.414 e. The Morgan fingerprint density at radius 2 is 2.06 bits per heavy atom. The van der Waals surface area contributed by atoms with E-state index in [0.29, 0.717) is 30.8 Å². The highest BCUT2D eigenvalue weighted by Crippen LogP contribution is 2.30. The van der Waals surface area contributed by atoms with Gasteiger partial charge < -0.3 is 19.7 Å². The van der Waals surface area contributed by atoms with E-state index in [9.17, 15) is 18.8 Å². The highest BCUT2D eigenvalue weighted by Gasteiger charge is 2.33. The average molecular weight is 433 g/mol. The van der Waals surface area contributed by atoms with Gasteiger partial charge in [0.1, 0.15) is 17.5 Å². The number of cyclic esters (lactones) is 1. The summed E-state index contributed by atoms with van der Waals surface area (Å²) in [7, 11) is 0. The zero-order chi connectivity index (χ0) is 22.8. The van der Waals surface area contributed by atoms with Gasteiger partial charge in [-0.05, 0) is 51.0 Å². The van der Waals surface area contributed by atoms with Gasteiger partial charge in [-0.3, -0.25) is 9.69 Å². The van der Waals surface area contributed by atoms with Gasteiger partial charge in [0.2, 0.25) is 5.91 Å². The van der Waals surface area contributed by atoms with Gasteiger partial charge in [0.25, 0.3) is 0 Å². The number of carbonyl (C=O) groups excluding carboxylic acids is 3. The number of benzene rings is 1. The number of amides is 3. The van der Waals surface area contributed by atoms with E-state index in [1.165, 1.54) is 17.9 Å². The minimum Gasteiger partial charge on any atom is -0.444 e. The van der Waals surface area contributed by atoms with E-state index in [1.807, 2.05) is 26.8 Å². The summed E-state index contributed by atoms with van der Waals surface area (Å²) in [6.07, 6.45) is 0.866. The minimum atomic E-state index is -0.576. The van der Waals surface area contributed by atoms with Crippen molar-refractivity contribution in [2.24, 2.45) is 0 Å². The average Bonchev–Trinajstić information content (AvgIpc) is 3.06. The SMILES string of the molecule is CC(=O)NCC1CN(c2ccc(C3=CCN(C(=O)OC(C)(C)C)CC3)c(F)c2)C(=O)O1. The molecule has 0 aromatic heterocycles. The third-order valence-electron chi connectivity index (χ3n) is 4.92. The largest absolute Gasteiger partial charge is 0.444 e. The second-order valence-corrected chi connectivity index (χ2v) is 8.62. The molecule has 1 unspecified atom stereocenters. The number of nitrogens with one attached hydrogen (secondary N) is 1. The van der Waals surface area contributed by atoms with Crippen LogP contribution in [0.1, 0.15) is 39.7 Å². The van der Waals surface area contributed by atoms with Crippen LogP contribution in [0, 0.1) is 5.82 Å². The Bertz CT molecular complexity index is 909. The van der Waals surface area contributed by atoms with Gasteiger partial charge >= 0.3 is 12.2 Å². The summed E-state index contributed by atoms with van der Waals surface area (Å²) in [5.74, 6) is -0.663. The van der Waals surface area contributed by atoms with Gasteiger partial charge in [0, 0.05) is 25.6 Å². The molecule has 2 heterocycles. The molecule has 1 atom stereocenters. The molecule has 2 aliphatic rings. The lowest BCUT2D eigenvalue weighted by atomic mass is 9.98. The van der Waals surface area contributed by atoms with Gasteiger partial charge in [0.05, 0.1) is 18.8 Å². The van der Waals surface area contributed by atoms with Crippen LogP contribution >= 0.6 is 0 Å². The van der Waals surface area contributed by atoms with Gasteiger partial charge in [-0.1, -0.05) is 6.08 Å². The summed E-state index contributed by atoms with van der Waals surface area (Å²) >= 11 is 0. The molecule has 1 saturated heterocycles. The predicted molar refractivity (Wildman–Crippen MR) is 113 cm³/mol. The van der Waals surface area contributed by atoms with Crippen LogP contribution in [0.25, 0.3) is 5.57 Å². The number of hydrogen-bond acceptors (Lipinski definition) is 5. The molecular weight excluding hydrogens is 405 g/mol. The lowest BCUT2D eigenvalue weighted by Gasteiger charge is -2.29. The summed E-state index contributed by atoms with van der Waals surface area (Å²) in [6.45, 7) is 8.03. The van der Waals surface area contributed by atoms with Crippen LogP contribution < -0.4 is 10.2 Å². The van der Waals surface area contributed by atoms with Gasteiger partial charge in [0.15, 0.2) is 0 Å². The molecule has 2 aliphatic heterocycles. The zero-order valence-corrected chi connectivity index (χ0v) is 18.2. The first-order valence-electron chi connectivity index (χ1n) is 10.2. The fourth-order valence-corrected chi connectivity index (χ4v) is 3.43. The molecule has 0 aliphatic carbocycles. The monoisotopic (exact) mass is 433 g/mol. The number of carbonyl (C=O) groups is 3. The molecule has 8 nitrogen and oxygen atoms in total. The summed E-state index contributed by atoms with van der Waals surface area (Å²) in [4.78, 5) is 38.3. The molecule has 168 valence electrons. The number of ether oxygens (including phenoxy) is 2. The van der Waals surface area contributed by atoms with Crippen molar-refractivity contribution in [2.75, 3.05) is 31.1 Å². The normalized spacial score (nSPS) is 19.1. The molecule has 1 aromatic carbocycles. The summed E-state index contributed by atoms with van der Waals surface area (Å²) < 4.78 is 25.5. The van der Waals surface area contributed by atoms with Crippen molar-refractivity contribution in [3.63, 3.8) is 0 Å². The second kappa shape index (κ2) is 8.95. The van der Waals surface area contributed by atoms with Crippen molar-refractivity contribution in [3.8, 4) is 0 Å². The highest BCUT2D eigenvalue weighted by atomic mass is 19.1. The van der Waals surface area contributed by atoms with Crippen LogP contribution in [0.3, 0.4) is 0 Å². The Labute approximate surface area is 181 Å². The van der Waals surface area contributed by atoms with Crippen molar-refractivity contribution < 1.29 is 28.2 Å². The van der Waals surface area contributed by atoms with E-state index in [4.69, 9.17) is 9.47 Å². The molecule has 3 amide bonds. The maximum atomic E-state index is 14.9. The number of hydrogen-bond donors (Lipinski definition) is 1. The Kier molecular flexibility index (Phi) is 6.52. The summed E-state index contributed by atoms with van der Waals surface area (Å²) in [5.41, 5.74) is 1.07. The number of halogens is 1. The molecule has 1 fully saturated rings. The topological polar surface area (TPSA) is 88.2 Å². The molecule has 9 heteroatoms. The Morgan fingerprint density at radius 3 is 2.65 bits per heavy atom. The standard InChI is InChI=1S/C22H28FN3O5/c1-14(27)24-12-17-13-26(21(29)30-17)16-5-6-18(19(23)11-16)15-7-9-25(10-8-15)20(28)31-22(2,3)4/h5-7,11,17H,8-10,12-13H2,1-4H3,(H,24,27). The first kappa shape index (κ1) is 22.6. The van der Waals surface area contributed by atoms with Crippen LogP contribution in [-0.2, 0) is 14.3 Å². The molecule has 0 bridgehead atoms. The van der Waals surface area contributed by atoms with E-state index in [0.717, 1.165) is 5.57 Å². The maximum absolute atomic E-state index is 14.9. The van der Waals surface area contributed by atoms with Gasteiger partial charge in [-0.2, -0.15) is 0 Å². The molecule has 31 heavy (non-hydrogen) atoms. The lowest BCUT2D eigenvalue weighted by molar-refractivity contribution is -0.119. The van der Waals surface area contributed by atoms with Gasteiger partial charge in [-0.15, -0.1) is 0 Å². The minimum absolute atomic E-state index is 0.208. The van der Waals surface area contributed by atoms with Crippen LogP contribution in [0.4, 0.5) is 19.7 Å². The number of anilines is 1. The van der Waals surface area contributed by atoms with Crippen LogP contribution in [0.5, 0.6) is 0 Å². The fourth-order valence-electron chi connectivity index (χ4n) is 3.43. The van der Waals surface area contributed by atoms with Crippen LogP contribution in [0.2, 0.25) is 0 Å². The lowest BCUT2D eigenvalue weighted by Crippen LogP contribution is -2.39. The maximum Gasteiger partial charge on any atom is 0.414 e. The summed E-state index contributed by atoms with van der Waals surface area (Å²) in [5, 5.41) is 2.61. The van der Waals surface area contributed by atoms with E-state index < -0.39 is 23.6 Å². The molecule has 3 rings (SSSR count). The Balaban J connectivity index is 1.66. The Hall–Kier alpha value is -3.10. The van der Waals surface area contributed by atoms with Crippen LogP contribution in [0.15, 0.2) is 24.3 Å². The summed E-state index contributed by atoms with van der Waals surface area (Å²) in [6, 6.07) is 4.61. The van der Waals surface area contributed by atoms with Crippen molar-refractivity contribution in [3.05, 3.63) is 35.7 Å². The van der Waals surface area contributed by atoms with Gasteiger partial charge in [-0.25, -0.2) is 14.0 Å². The first-order chi connectivity index (χ1) is 14.5. The molecule has 1 N–H and O–H groups in total. The zero-order valence-electron chi connectivity index (χ0n) is 18.2. The molecule has 0 radical (unpaired) electrons. The van der Waals surface area contributed by atoms with Crippen molar-refractivity contribution in [1.29, 1.82) is 0 Å². The highest BCUT2D eigenvalue weighted by molar-refractivity contribution is 5.90. The first-order valence-corrected chi connectivity index (χ1v) is 10.2. The number of rotatable bonds is 4.